The Bertz CT molecular complexity index is 1320. The molecule has 12 heteroatoms. The topological polar surface area (TPSA) is 131 Å². The molecular formula is C21H21N7O3S2. The van der Waals surface area contributed by atoms with Crippen molar-refractivity contribution in [1.29, 1.82) is 0 Å². The molecule has 0 amide bonds. The summed E-state index contributed by atoms with van der Waals surface area (Å²) in [6.07, 6.45) is 3.24. The second-order valence-electron chi connectivity index (χ2n) is 7.40. The van der Waals surface area contributed by atoms with Gasteiger partial charge in [-0.15, -0.1) is 11.3 Å². The summed E-state index contributed by atoms with van der Waals surface area (Å²) in [5.74, 6) is 1.56. The van der Waals surface area contributed by atoms with Crippen molar-refractivity contribution in [1.82, 2.24) is 19.9 Å². The molecule has 0 spiro atoms. The number of benzene rings is 1. The summed E-state index contributed by atoms with van der Waals surface area (Å²) in [6, 6.07) is 9.53. The number of nitrogen functional groups attached to an aromatic ring is 1. The van der Waals surface area contributed by atoms with Crippen LogP contribution in [-0.4, -0.2) is 62.0 Å². The number of ether oxygens (including phenoxy) is 1. The normalized spacial score (nSPS) is 15.0. The lowest BCUT2D eigenvalue weighted by Crippen LogP contribution is -2.36. The first-order valence-electron chi connectivity index (χ1n) is 10.2. The SMILES string of the molecule is CN(c1cccc(-c2cc3nc(-c4cnc(N)nc4)nc(N4CCOCC4)c3s2)c1)S(=O)O. The van der Waals surface area contributed by atoms with Crippen LogP contribution in [0.1, 0.15) is 0 Å². The molecule has 0 bridgehead atoms. The smallest absolute Gasteiger partial charge is 0.261 e. The zero-order valence-corrected chi connectivity index (χ0v) is 19.3. The van der Waals surface area contributed by atoms with Gasteiger partial charge in [0.15, 0.2) is 11.6 Å². The van der Waals surface area contributed by atoms with Crippen molar-refractivity contribution in [3.63, 3.8) is 0 Å². The molecule has 3 N–H and O–H groups in total. The highest BCUT2D eigenvalue weighted by molar-refractivity contribution is 7.80. The van der Waals surface area contributed by atoms with Gasteiger partial charge in [-0.1, -0.05) is 12.1 Å². The van der Waals surface area contributed by atoms with E-state index in [0.29, 0.717) is 30.3 Å². The molecule has 1 fully saturated rings. The molecule has 4 heterocycles. The molecule has 1 aliphatic rings. The molecule has 0 radical (unpaired) electrons. The zero-order chi connectivity index (χ0) is 22.9. The Balaban J connectivity index is 1.64. The summed E-state index contributed by atoms with van der Waals surface area (Å²) < 4.78 is 28.7. The number of hydrogen-bond donors (Lipinski definition) is 2. The Morgan fingerprint density at radius 1 is 1.15 bits per heavy atom. The summed E-state index contributed by atoms with van der Waals surface area (Å²) in [4.78, 5) is 21.0. The summed E-state index contributed by atoms with van der Waals surface area (Å²) >= 11 is -0.509. The van der Waals surface area contributed by atoms with Crippen LogP contribution in [0.2, 0.25) is 0 Å². The van der Waals surface area contributed by atoms with Crippen LogP contribution in [-0.2, 0) is 16.0 Å². The van der Waals surface area contributed by atoms with Gasteiger partial charge >= 0.3 is 0 Å². The molecule has 0 aliphatic carbocycles. The van der Waals surface area contributed by atoms with E-state index in [1.54, 1.807) is 36.8 Å². The number of nitrogens with two attached hydrogens (primary N) is 1. The number of thiophene rings is 1. The van der Waals surface area contributed by atoms with Crippen LogP contribution in [0.4, 0.5) is 17.5 Å². The minimum atomic E-state index is -2.10. The lowest BCUT2D eigenvalue weighted by Gasteiger charge is -2.28. The quantitative estimate of drug-likeness (QED) is 0.411. The van der Waals surface area contributed by atoms with Crippen molar-refractivity contribution < 1.29 is 13.5 Å². The first-order valence-corrected chi connectivity index (χ1v) is 12.0. The van der Waals surface area contributed by atoms with Gasteiger partial charge in [-0.25, -0.2) is 24.1 Å². The van der Waals surface area contributed by atoms with Crippen molar-refractivity contribution in [3.8, 4) is 21.8 Å². The molecule has 1 aliphatic heterocycles. The van der Waals surface area contributed by atoms with Crippen molar-refractivity contribution >= 4 is 50.3 Å². The van der Waals surface area contributed by atoms with E-state index in [1.165, 1.54) is 4.31 Å². The fraction of sp³-hybridized carbons (Fsp3) is 0.238. The number of rotatable bonds is 5. The summed E-state index contributed by atoms with van der Waals surface area (Å²) in [6.45, 7) is 2.74. The summed E-state index contributed by atoms with van der Waals surface area (Å²) in [7, 11) is 1.57. The Morgan fingerprint density at radius 2 is 1.91 bits per heavy atom. The molecule has 170 valence electrons. The lowest BCUT2D eigenvalue weighted by atomic mass is 10.1. The maximum atomic E-state index is 11.5. The van der Waals surface area contributed by atoms with Crippen LogP contribution >= 0.6 is 11.3 Å². The predicted octanol–water partition coefficient (Wildman–Crippen LogP) is 2.81. The van der Waals surface area contributed by atoms with Crippen molar-refractivity contribution in [3.05, 3.63) is 42.7 Å². The average molecular weight is 484 g/mol. The van der Waals surface area contributed by atoms with Gasteiger partial charge in [0.05, 0.1) is 34.7 Å². The van der Waals surface area contributed by atoms with Crippen molar-refractivity contribution in [2.75, 3.05) is 48.3 Å². The van der Waals surface area contributed by atoms with E-state index in [9.17, 15) is 8.76 Å². The van der Waals surface area contributed by atoms with Gasteiger partial charge in [-0.3, -0.25) is 8.86 Å². The van der Waals surface area contributed by atoms with Gasteiger partial charge < -0.3 is 15.4 Å². The average Bonchev–Trinajstić information content (AvgIpc) is 3.28. The minimum absolute atomic E-state index is 0.194. The molecule has 1 aromatic carbocycles. The second kappa shape index (κ2) is 8.98. The fourth-order valence-corrected chi connectivity index (χ4v) is 4.98. The molecular weight excluding hydrogens is 462 g/mol. The van der Waals surface area contributed by atoms with Crippen LogP contribution < -0.4 is 14.9 Å². The van der Waals surface area contributed by atoms with E-state index in [2.05, 4.69) is 14.9 Å². The highest BCUT2D eigenvalue weighted by Crippen LogP contribution is 2.39. The molecule has 3 aromatic heterocycles. The second-order valence-corrected chi connectivity index (χ2v) is 9.47. The van der Waals surface area contributed by atoms with E-state index in [1.807, 2.05) is 24.3 Å². The van der Waals surface area contributed by atoms with Crippen LogP contribution in [0.3, 0.4) is 0 Å². The summed E-state index contributed by atoms with van der Waals surface area (Å²) in [5.41, 5.74) is 8.70. The Kier molecular flexibility index (Phi) is 5.89. The largest absolute Gasteiger partial charge is 0.378 e. The van der Waals surface area contributed by atoms with Gasteiger partial charge in [-0.2, -0.15) is 0 Å². The number of fused-ring (bicyclic) bond motifs is 1. The Morgan fingerprint density at radius 3 is 2.64 bits per heavy atom. The van der Waals surface area contributed by atoms with E-state index in [-0.39, 0.29) is 5.95 Å². The Hall–Kier alpha value is -3.19. The first kappa shape index (κ1) is 21.6. The fourth-order valence-electron chi connectivity index (χ4n) is 3.57. The van der Waals surface area contributed by atoms with Crippen molar-refractivity contribution in [2.24, 2.45) is 0 Å². The number of nitrogens with zero attached hydrogens (tertiary/aromatic N) is 6. The third-order valence-electron chi connectivity index (χ3n) is 5.32. The maximum absolute atomic E-state index is 11.5. The monoisotopic (exact) mass is 483 g/mol. The van der Waals surface area contributed by atoms with Crippen LogP contribution in [0.25, 0.3) is 32.0 Å². The third kappa shape index (κ3) is 4.37. The predicted molar refractivity (Wildman–Crippen MR) is 130 cm³/mol. The molecule has 33 heavy (non-hydrogen) atoms. The van der Waals surface area contributed by atoms with Gasteiger partial charge in [0.2, 0.25) is 5.95 Å². The highest BCUT2D eigenvalue weighted by atomic mass is 32.2. The van der Waals surface area contributed by atoms with Crippen LogP contribution in [0.15, 0.2) is 42.7 Å². The number of hydrogen-bond acceptors (Lipinski definition) is 9. The molecule has 10 nitrogen and oxygen atoms in total. The first-order chi connectivity index (χ1) is 16.0. The lowest BCUT2D eigenvalue weighted by molar-refractivity contribution is 0.122. The number of morpholine rings is 1. The van der Waals surface area contributed by atoms with E-state index >= 15 is 0 Å². The molecule has 4 aromatic rings. The maximum Gasteiger partial charge on any atom is 0.261 e. The standard InChI is InChI=1S/C21H21N7O3S2/c1-27(33(29)30)15-4-2-3-13(9-15)17-10-16-18(32-17)20(28-5-7-31-8-6-28)26-19(25-16)14-11-23-21(22)24-12-14/h2-4,9-12H,5-8H2,1H3,(H,29,30)(H2,22,23,24). The number of aromatic nitrogens is 4. The molecule has 5 rings (SSSR count). The van der Waals surface area contributed by atoms with Crippen LogP contribution in [0.5, 0.6) is 0 Å². The molecule has 0 saturated carbocycles. The zero-order valence-electron chi connectivity index (χ0n) is 17.7. The van der Waals surface area contributed by atoms with E-state index in [0.717, 1.165) is 39.6 Å². The van der Waals surface area contributed by atoms with Gasteiger partial charge in [0.25, 0.3) is 11.3 Å². The summed E-state index contributed by atoms with van der Waals surface area (Å²) in [5, 5.41) is 0. The minimum Gasteiger partial charge on any atom is -0.378 e. The van der Waals surface area contributed by atoms with E-state index in [4.69, 9.17) is 20.4 Å². The van der Waals surface area contributed by atoms with Gasteiger partial charge in [0, 0.05) is 37.4 Å². The molecule has 1 unspecified atom stereocenters. The van der Waals surface area contributed by atoms with Gasteiger partial charge in [0.1, 0.15) is 0 Å². The van der Waals surface area contributed by atoms with Crippen molar-refractivity contribution in [2.45, 2.75) is 0 Å². The van der Waals surface area contributed by atoms with E-state index < -0.39 is 11.3 Å². The van der Waals surface area contributed by atoms with Gasteiger partial charge in [-0.05, 0) is 23.8 Å². The molecule has 1 atom stereocenters. The third-order valence-corrected chi connectivity index (χ3v) is 7.17. The molecule has 1 saturated heterocycles. The van der Waals surface area contributed by atoms with Crippen LogP contribution in [0, 0.1) is 0 Å². The Labute approximate surface area is 196 Å². The number of anilines is 3. The highest BCUT2D eigenvalue weighted by Gasteiger charge is 2.21.